The Labute approximate surface area is 131 Å². The monoisotopic (exact) mass is 230 g/mol. The van der Waals surface area contributed by atoms with Crippen LogP contribution in [0.2, 0.25) is 0 Å². The fourth-order valence-electron chi connectivity index (χ4n) is 1.24. The summed E-state index contributed by atoms with van der Waals surface area (Å²) >= 11 is 0. The van der Waals surface area contributed by atoms with Crippen LogP contribution in [0.5, 0.6) is 0 Å². The third-order valence-electron chi connectivity index (χ3n) is 2.06. The number of rotatable bonds is 4. The third-order valence-corrected chi connectivity index (χ3v) is 2.06. The van der Waals surface area contributed by atoms with Gasteiger partial charge in [0, 0.05) is 0 Å². The molecule has 74 valence electrons. The van der Waals surface area contributed by atoms with Crippen LogP contribution in [0, 0.1) is 5.92 Å². The van der Waals surface area contributed by atoms with Gasteiger partial charge >= 0.3 is 51.4 Å². The normalized spacial score (nSPS) is 11.3. The molecule has 0 heterocycles. The summed E-state index contributed by atoms with van der Waals surface area (Å²) < 4.78 is 0. The quantitative estimate of drug-likeness (QED) is 0.414. The molecule has 1 atom stereocenters. The van der Waals surface area contributed by atoms with Crippen molar-refractivity contribution in [2.45, 2.75) is 13.3 Å². The van der Waals surface area contributed by atoms with Crippen LogP contribution < -0.4 is 56.5 Å². The molecule has 0 aliphatic carbocycles. The van der Waals surface area contributed by atoms with E-state index in [0.29, 0.717) is 0 Å². The maximum absolute atomic E-state index is 11.0. The molecule has 4 heteroatoms. The predicted molar refractivity (Wildman–Crippen MR) is 49.3 cm³/mol. The summed E-state index contributed by atoms with van der Waals surface area (Å²) in [5.74, 6) is -2.70. The maximum atomic E-state index is 11.0. The number of carbonyl (C=O) groups is 2. The smallest absolute Gasteiger partial charge is 0.549 e. The summed E-state index contributed by atoms with van der Waals surface area (Å²) in [5.41, 5.74) is 0.830. The number of carboxylic acid groups (broad SMARTS) is 1. The second-order valence-electron chi connectivity index (χ2n) is 3.17. The van der Waals surface area contributed by atoms with Crippen molar-refractivity contribution >= 4 is 11.8 Å². The van der Waals surface area contributed by atoms with E-state index in [0.717, 1.165) is 5.56 Å². The van der Waals surface area contributed by atoms with Gasteiger partial charge in [0.15, 0.2) is 0 Å². The number of carbonyl (C=O) groups excluding carboxylic acids is 2. The summed E-state index contributed by atoms with van der Waals surface area (Å²) in [7, 11) is 0. The Bertz CT molecular complexity index is 321. The molecule has 0 aliphatic rings. The van der Waals surface area contributed by atoms with Gasteiger partial charge in [0.2, 0.25) is 0 Å². The number of aliphatic carboxylic acids is 1. The molecule has 0 spiro atoms. The van der Waals surface area contributed by atoms with Gasteiger partial charge in [-0.1, -0.05) is 30.3 Å². The van der Waals surface area contributed by atoms with Gasteiger partial charge < -0.3 is 9.90 Å². The Morgan fingerprint density at radius 1 is 1.27 bits per heavy atom. The Morgan fingerprint density at radius 3 is 2.20 bits per heavy atom. The van der Waals surface area contributed by atoms with Crippen LogP contribution in [0.15, 0.2) is 30.3 Å². The molecule has 0 saturated carbocycles. The molecule has 0 aliphatic heterocycles. The van der Waals surface area contributed by atoms with E-state index in [1.165, 1.54) is 6.92 Å². The molecule has 3 nitrogen and oxygen atoms in total. The Morgan fingerprint density at radius 2 is 1.80 bits per heavy atom. The van der Waals surface area contributed by atoms with E-state index in [2.05, 4.69) is 0 Å². The Balaban J connectivity index is 0.00000196. The molecule has 0 amide bonds. The molecule has 1 aromatic rings. The van der Waals surface area contributed by atoms with Crippen LogP contribution in [0.3, 0.4) is 0 Å². The van der Waals surface area contributed by atoms with Crippen molar-refractivity contribution in [3.8, 4) is 0 Å². The summed E-state index contributed by atoms with van der Waals surface area (Å²) in [6.07, 6.45) is 0.207. The maximum Gasteiger partial charge on any atom is 1.00 e. The molecule has 1 aromatic carbocycles. The number of hydrogen-bond acceptors (Lipinski definition) is 3. The molecule has 0 aromatic heterocycles. The van der Waals surface area contributed by atoms with Crippen molar-refractivity contribution < 1.29 is 66.1 Å². The molecule has 0 radical (unpaired) electrons. The average Bonchev–Trinajstić information content (AvgIpc) is 2.15. The van der Waals surface area contributed by atoms with Crippen LogP contribution in [0.4, 0.5) is 0 Å². The molecule has 0 bridgehead atoms. The Kier molecular flexibility index (Phi) is 7.30. The van der Waals surface area contributed by atoms with Gasteiger partial charge in [0.25, 0.3) is 0 Å². The topological polar surface area (TPSA) is 57.2 Å². The first kappa shape index (κ1) is 15.0. The molecule has 15 heavy (non-hydrogen) atoms. The van der Waals surface area contributed by atoms with Crippen LogP contribution in [-0.4, -0.2) is 11.8 Å². The first-order valence-electron chi connectivity index (χ1n) is 4.36. The molecule has 0 N–H and O–H groups in total. The number of benzene rings is 1. The summed E-state index contributed by atoms with van der Waals surface area (Å²) in [5, 5.41) is 10.6. The second kappa shape index (κ2) is 7.30. The molecule has 0 saturated heterocycles. The molecular weight excluding hydrogens is 219 g/mol. The van der Waals surface area contributed by atoms with Gasteiger partial charge in [0.1, 0.15) is 5.78 Å². The van der Waals surface area contributed by atoms with E-state index >= 15 is 0 Å². The third kappa shape index (κ3) is 5.04. The predicted octanol–water partition coefficient (Wildman–Crippen LogP) is -2.81. The van der Waals surface area contributed by atoms with Gasteiger partial charge in [-0.05, 0) is 18.9 Å². The standard InChI is InChI=1S/C11H12O3.K/c1-8(12)10(11(13)14)7-9-5-3-2-4-6-9;/h2-6,10H,7H2,1H3,(H,13,14);/q;+1/p-1. The first-order chi connectivity index (χ1) is 6.61. The zero-order valence-electron chi connectivity index (χ0n) is 8.90. The molecule has 0 fully saturated rings. The Hall–Kier alpha value is -0.00364. The van der Waals surface area contributed by atoms with E-state index < -0.39 is 11.9 Å². The van der Waals surface area contributed by atoms with Crippen molar-refractivity contribution in [1.29, 1.82) is 0 Å². The zero-order valence-corrected chi connectivity index (χ0v) is 12.0. The van der Waals surface area contributed by atoms with E-state index in [4.69, 9.17) is 0 Å². The second-order valence-corrected chi connectivity index (χ2v) is 3.17. The van der Waals surface area contributed by atoms with Crippen molar-refractivity contribution in [1.82, 2.24) is 0 Å². The van der Waals surface area contributed by atoms with Gasteiger partial charge in [-0.2, -0.15) is 0 Å². The van der Waals surface area contributed by atoms with Crippen molar-refractivity contribution in [2.24, 2.45) is 5.92 Å². The SMILES string of the molecule is CC(=O)C(Cc1ccccc1)C(=O)[O-].[K+]. The van der Waals surface area contributed by atoms with Crippen LogP contribution in [0.25, 0.3) is 0 Å². The van der Waals surface area contributed by atoms with Crippen LogP contribution in [-0.2, 0) is 16.0 Å². The molecule has 1 rings (SSSR count). The summed E-state index contributed by atoms with van der Waals surface area (Å²) in [6.45, 7) is 1.27. The number of ketones is 1. The first-order valence-corrected chi connectivity index (χ1v) is 4.36. The minimum absolute atomic E-state index is 0. The van der Waals surface area contributed by atoms with Gasteiger partial charge in [-0.3, -0.25) is 4.79 Å². The minimum Gasteiger partial charge on any atom is -0.549 e. The van der Waals surface area contributed by atoms with Crippen LogP contribution in [0.1, 0.15) is 12.5 Å². The van der Waals surface area contributed by atoms with Crippen LogP contribution >= 0.6 is 0 Å². The van der Waals surface area contributed by atoms with Gasteiger partial charge in [-0.25, -0.2) is 0 Å². The van der Waals surface area contributed by atoms with E-state index in [1.54, 1.807) is 12.1 Å². The molecular formula is C11H11KO3. The minimum atomic E-state index is -1.30. The summed E-state index contributed by atoms with van der Waals surface area (Å²) in [4.78, 5) is 21.6. The van der Waals surface area contributed by atoms with Gasteiger partial charge in [-0.15, -0.1) is 0 Å². The number of hydrogen-bond donors (Lipinski definition) is 0. The fraction of sp³-hybridized carbons (Fsp3) is 0.273. The van der Waals surface area contributed by atoms with Gasteiger partial charge in [0.05, 0.1) is 11.9 Å². The number of carboxylic acids is 1. The number of Topliss-reactive ketones (excluding diaryl/α,β-unsaturated/α-hetero) is 1. The fourth-order valence-corrected chi connectivity index (χ4v) is 1.24. The van der Waals surface area contributed by atoms with E-state index in [9.17, 15) is 14.7 Å². The summed E-state index contributed by atoms with van der Waals surface area (Å²) in [6, 6.07) is 9.03. The zero-order chi connectivity index (χ0) is 10.6. The van der Waals surface area contributed by atoms with Crippen molar-refractivity contribution in [3.63, 3.8) is 0 Å². The average molecular weight is 230 g/mol. The van der Waals surface area contributed by atoms with Crippen molar-refractivity contribution in [2.75, 3.05) is 0 Å². The van der Waals surface area contributed by atoms with Crippen molar-refractivity contribution in [3.05, 3.63) is 35.9 Å². The largest absolute Gasteiger partial charge is 1.00 e. The van der Waals surface area contributed by atoms with E-state index in [1.807, 2.05) is 18.2 Å². The molecule has 1 unspecified atom stereocenters. The van der Waals surface area contributed by atoms with E-state index in [-0.39, 0.29) is 63.6 Å².